The Balaban J connectivity index is 0.000000372. The summed E-state index contributed by atoms with van der Waals surface area (Å²) in [7, 11) is 0. The first-order chi connectivity index (χ1) is 36.6. The second-order valence-electron chi connectivity index (χ2n) is 18.3. The van der Waals surface area contributed by atoms with Crippen LogP contribution in [0.2, 0.25) is 0 Å². The third kappa shape index (κ3) is 8.75. The Morgan fingerprint density at radius 3 is 1.64 bits per heavy atom. The maximum atomic E-state index is 7.53. The molecule has 0 atom stereocenters. The van der Waals surface area contributed by atoms with E-state index in [-0.39, 0.29) is 0 Å². The van der Waals surface area contributed by atoms with Crippen molar-refractivity contribution in [1.29, 1.82) is 5.41 Å². The Bertz CT molecular complexity index is 3970. The van der Waals surface area contributed by atoms with Crippen molar-refractivity contribution >= 4 is 51.0 Å². The Morgan fingerprint density at radius 1 is 0.500 bits per heavy atom. The minimum atomic E-state index is 0.297. The average Bonchev–Trinajstić information content (AvgIpc) is 4.00. The summed E-state index contributed by atoms with van der Waals surface area (Å²) in [4.78, 5) is 19.2. The maximum Gasteiger partial charge on any atom is 0.164 e. The number of hydrogen-bond donors (Lipinski definition) is 2. The van der Waals surface area contributed by atoms with Crippen LogP contribution >= 0.6 is 0 Å². The molecule has 0 amide bonds. The van der Waals surface area contributed by atoms with Crippen LogP contribution in [0.4, 0.5) is 0 Å². The monoisotopic (exact) mass is 954 g/mol. The lowest BCUT2D eigenvalue weighted by Crippen LogP contribution is -2.13. The molecule has 1 aliphatic rings. The summed E-state index contributed by atoms with van der Waals surface area (Å²) < 4.78 is 4.76. The molecule has 3 heterocycles. The smallest absolute Gasteiger partial charge is 0.164 e. The number of aromatic nitrogens is 5. The van der Waals surface area contributed by atoms with Gasteiger partial charge in [0.1, 0.15) is 12.2 Å². The zero-order valence-corrected chi connectivity index (χ0v) is 40.6. The van der Waals surface area contributed by atoms with Crippen LogP contribution in [0, 0.1) is 5.41 Å². The van der Waals surface area contributed by atoms with Gasteiger partial charge in [-0.15, -0.1) is 0 Å². The zero-order chi connectivity index (χ0) is 49.8. The average molecular weight is 955 g/mol. The standard InChI is InChI=1S/C53H38N8.C13H12/c54-33-56-50(55)36-19-11-21-38(31-36)60-46-29-9-7-23-40(46)42-25-13-27-44(48(42)60)45-28-14-26-43-41-24-8-10-30-47(41)61(49(43)45)39-22-12-20-37(32-39)53-58-51(34-15-3-1-4-16-34)57-52(59-53)35-17-5-2-6-18-35;1-3-7-12(8-4-1)11-13-9-5-2-6-10-13/h1-7,9-23,25-33H,8,24H2,(H3,54,55,56);1-10H,11H2. The van der Waals surface area contributed by atoms with Crippen LogP contribution in [-0.4, -0.2) is 36.3 Å². The Labute approximate surface area is 429 Å². The minimum absolute atomic E-state index is 0.297. The first-order valence-corrected chi connectivity index (χ1v) is 24.9. The molecule has 74 heavy (non-hydrogen) atoms. The van der Waals surface area contributed by atoms with Crippen LogP contribution in [0.1, 0.15) is 34.4 Å². The largest absolute Gasteiger partial charge is 0.383 e. The molecule has 8 heteroatoms. The first kappa shape index (κ1) is 45.4. The number of rotatable bonds is 10. The van der Waals surface area contributed by atoms with Gasteiger partial charge in [0.15, 0.2) is 17.5 Å². The van der Waals surface area contributed by atoms with Crippen molar-refractivity contribution in [3.63, 3.8) is 0 Å². The van der Waals surface area contributed by atoms with E-state index in [0.29, 0.717) is 23.3 Å². The van der Waals surface area contributed by atoms with E-state index in [2.05, 4.69) is 184 Å². The Kier molecular flexibility index (Phi) is 12.3. The lowest BCUT2D eigenvalue weighted by molar-refractivity contribution is 0.967. The fourth-order valence-corrected chi connectivity index (χ4v) is 10.4. The van der Waals surface area contributed by atoms with Crippen molar-refractivity contribution in [2.75, 3.05) is 0 Å². The highest BCUT2D eigenvalue weighted by Gasteiger charge is 2.25. The molecule has 0 aliphatic heterocycles. The summed E-state index contributed by atoms with van der Waals surface area (Å²) in [6, 6.07) is 79.8. The third-order valence-corrected chi connectivity index (χ3v) is 13.7. The van der Waals surface area contributed by atoms with Crippen LogP contribution in [0.5, 0.6) is 0 Å². The quantitative estimate of drug-likeness (QED) is 0.105. The summed E-state index contributed by atoms with van der Waals surface area (Å²) >= 11 is 0. The van der Waals surface area contributed by atoms with Gasteiger partial charge in [-0.1, -0.05) is 206 Å². The van der Waals surface area contributed by atoms with Crippen LogP contribution in [0.3, 0.4) is 0 Å². The van der Waals surface area contributed by atoms with Gasteiger partial charge in [-0.25, -0.2) is 19.9 Å². The van der Waals surface area contributed by atoms with Crippen molar-refractivity contribution in [3.05, 3.63) is 265 Å². The van der Waals surface area contributed by atoms with Gasteiger partial charge in [0.2, 0.25) is 0 Å². The lowest BCUT2D eigenvalue weighted by Gasteiger charge is -2.16. The van der Waals surface area contributed by atoms with Gasteiger partial charge < -0.3 is 14.9 Å². The number of benzene rings is 9. The molecule has 0 spiro atoms. The van der Waals surface area contributed by atoms with Gasteiger partial charge in [-0.05, 0) is 72.4 Å². The van der Waals surface area contributed by atoms with E-state index in [4.69, 9.17) is 26.1 Å². The van der Waals surface area contributed by atoms with Gasteiger partial charge in [-0.3, -0.25) is 5.41 Å². The molecular formula is C66H50N8. The van der Waals surface area contributed by atoms with Crippen molar-refractivity contribution in [2.24, 2.45) is 10.7 Å². The van der Waals surface area contributed by atoms with E-state index in [9.17, 15) is 0 Å². The van der Waals surface area contributed by atoms with Gasteiger partial charge in [0.05, 0.1) is 16.6 Å². The molecule has 1 aliphatic carbocycles. The summed E-state index contributed by atoms with van der Waals surface area (Å²) in [6.45, 7) is 0. The molecule has 0 unspecified atom stereocenters. The van der Waals surface area contributed by atoms with Crippen molar-refractivity contribution < 1.29 is 0 Å². The lowest BCUT2D eigenvalue weighted by atomic mass is 9.96. The van der Waals surface area contributed by atoms with Gasteiger partial charge in [0, 0.05) is 66.6 Å². The third-order valence-electron chi connectivity index (χ3n) is 13.7. The molecule has 13 rings (SSSR count). The number of nitrogens with zero attached hydrogens (tertiary/aromatic N) is 6. The molecule has 0 bridgehead atoms. The predicted molar refractivity (Wildman–Crippen MR) is 305 cm³/mol. The summed E-state index contributed by atoms with van der Waals surface area (Å²) in [6.07, 6.45) is 8.50. The van der Waals surface area contributed by atoms with E-state index < -0.39 is 0 Å². The topological polar surface area (TPSA) is 111 Å². The molecule has 354 valence electrons. The number of nitrogens with one attached hydrogen (secondary N) is 1. The summed E-state index contributed by atoms with van der Waals surface area (Å²) in [5, 5.41) is 11.1. The molecule has 9 aromatic carbocycles. The SMILES string of the molecule is N=CN=C(N)c1cccc(-n2c3ccccc3c3cccc(-c4cccc5c6c(n(-c7cccc(-c8nc(-c9ccccc9)nc(-c9ccccc9)n8)c7)c45)C=CCC6)c32)c1.c1ccc(Cc2ccccc2)cc1. The molecule has 8 nitrogen and oxygen atoms in total. The van der Waals surface area contributed by atoms with Gasteiger partial charge in [-0.2, -0.15) is 0 Å². The number of allylic oxidation sites excluding steroid dienone is 1. The minimum Gasteiger partial charge on any atom is -0.383 e. The number of fused-ring (bicyclic) bond motifs is 6. The molecular weight excluding hydrogens is 905 g/mol. The van der Waals surface area contributed by atoms with Gasteiger partial charge in [0.25, 0.3) is 0 Å². The highest BCUT2D eigenvalue weighted by molar-refractivity contribution is 6.16. The van der Waals surface area contributed by atoms with Crippen molar-refractivity contribution in [3.8, 4) is 56.7 Å². The Morgan fingerprint density at radius 2 is 1.00 bits per heavy atom. The van der Waals surface area contributed by atoms with Crippen LogP contribution in [0.25, 0.3) is 95.5 Å². The number of nitrogens with two attached hydrogens (primary N) is 1. The second-order valence-corrected chi connectivity index (χ2v) is 18.3. The number of para-hydroxylation sites is 3. The fourth-order valence-electron chi connectivity index (χ4n) is 10.4. The van der Waals surface area contributed by atoms with E-state index in [1.807, 2.05) is 72.8 Å². The van der Waals surface area contributed by atoms with Crippen LogP contribution in [-0.2, 0) is 12.8 Å². The van der Waals surface area contributed by atoms with Crippen LogP contribution in [0.15, 0.2) is 242 Å². The second kappa shape index (κ2) is 20.1. The first-order valence-electron chi connectivity index (χ1n) is 24.9. The van der Waals surface area contributed by atoms with Crippen LogP contribution < -0.4 is 5.73 Å². The van der Waals surface area contributed by atoms with Gasteiger partial charge >= 0.3 is 0 Å². The number of aliphatic imine (C=N–C) groups is 1. The van der Waals surface area contributed by atoms with Crippen molar-refractivity contribution in [1.82, 2.24) is 24.1 Å². The zero-order valence-electron chi connectivity index (χ0n) is 40.6. The normalized spacial score (nSPS) is 12.1. The number of amidine groups is 1. The molecule has 3 N–H and O–H groups in total. The fraction of sp³-hybridized carbons (Fsp3) is 0.0455. The molecule has 0 fully saturated rings. The molecule has 12 aromatic rings. The molecule has 3 aromatic heterocycles. The predicted octanol–water partition coefficient (Wildman–Crippen LogP) is 15.1. The molecule has 0 saturated heterocycles. The summed E-state index contributed by atoms with van der Waals surface area (Å²) in [5.41, 5.74) is 22.6. The molecule has 0 radical (unpaired) electrons. The van der Waals surface area contributed by atoms with Crippen molar-refractivity contribution in [2.45, 2.75) is 19.3 Å². The van der Waals surface area contributed by atoms with E-state index in [0.717, 1.165) is 97.7 Å². The Hall–Kier alpha value is -9.79. The number of aryl methyl sites for hydroxylation is 1. The van der Waals surface area contributed by atoms with E-state index in [1.54, 1.807) is 0 Å². The van der Waals surface area contributed by atoms with E-state index >= 15 is 0 Å². The molecule has 0 saturated carbocycles. The highest BCUT2D eigenvalue weighted by Crippen LogP contribution is 2.44. The summed E-state index contributed by atoms with van der Waals surface area (Å²) in [5.74, 6) is 2.16. The number of hydrogen-bond acceptors (Lipinski definition) is 4. The van der Waals surface area contributed by atoms with E-state index in [1.165, 1.54) is 27.8 Å². The highest BCUT2D eigenvalue weighted by atomic mass is 15.0. The maximum absolute atomic E-state index is 7.53.